The van der Waals surface area contributed by atoms with Gasteiger partial charge in [0.25, 0.3) is 0 Å². The van der Waals surface area contributed by atoms with Crippen molar-refractivity contribution in [1.82, 2.24) is 0 Å². The first-order chi connectivity index (χ1) is 9.54. The van der Waals surface area contributed by atoms with Gasteiger partial charge in [-0.3, -0.25) is 4.79 Å². The van der Waals surface area contributed by atoms with Gasteiger partial charge in [0.15, 0.2) is 0 Å². The quantitative estimate of drug-likeness (QED) is 0.619. The van der Waals surface area contributed by atoms with E-state index in [1.165, 1.54) is 13.0 Å². The Labute approximate surface area is 116 Å². The molecule has 0 aliphatic carbocycles. The third-order valence-corrected chi connectivity index (χ3v) is 2.70. The van der Waals surface area contributed by atoms with E-state index < -0.39 is 5.63 Å². The number of ether oxygens (including phenoxy) is 2. The average molecular weight is 276 g/mol. The van der Waals surface area contributed by atoms with Gasteiger partial charge in [-0.2, -0.15) is 0 Å². The van der Waals surface area contributed by atoms with Gasteiger partial charge in [-0.05, 0) is 18.2 Å². The zero-order valence-electron chi connectivity index (χ0n) is 11.4. The minimum atomic E-state index is -0.391. The van der Waals surface area contributed by atoms with Gasteiger partial charge >= 0.3 is 11.6 Å². The van der Waals surface area contributed by atoms with Gasteiger partial charge in [-0.15, -0.1) is 0 Å². The number of fused-ring (bicyclic) bond motifs is 1. The van der Waals surface area contributed by atoms with Crippen molar-refractivity contribution < 1.29 is 18.7 Å². The van der Waals surface area contributed by atoms with E-state index in [4.69, 9.17) is 13.9 Å². The van der Waals surface area contributed by atoms with Gasteiger partial charge in [0.1, 0.15) is 11.3 Å². The van der Waals surface area contributed by atoms with E-state index in [0.717, 1.165) is 5.39 Å². The number of benzene rings is 1. The van der Waals surface area contributed by atoms with Crippen LogP contribution in [0.5, 0.6) is 5.75 Å². The number of carbonyl (C=O) groups excluding carboxylic acids is 1. The summed E-state index contributed by atoms with van der Waals surface area (Å²) in [5, 5.41) is 0.838. The molecule has 0 amide bonds. The Kier molecular flexibility index (Phi) is 4.40. The maximum atomic E-state index is 11.2. The second-order valence-corrected chi connectivity index (χ2v) is 4.67. The Morgan fingerprint density at radius 3 is 2.75 bits per heavy atom. The molecule has 20 heavy (non-hydrogen) atoms. The molecule has 1 aromatic carbocycles. The maximum absolute atomic E-state index is 11.2. The standard InChI is InChI=1S/C15H16O5/c1-10(8-18-11(2)16)9-19-13-5-3-12-4-6-15(17)20-14(12)7-13/h3-7,10H,8-9H2,1-2H3/t10-/m0/s1. The Bertz CT molecular complexity index is 659. The molecular formula is C15H16O5. The number of rotatable bonds is 5. The molecular weight excluding hydrogens is 260 g/mol. The molecule has 5 heteroatoms. The van der Waals surface area contributed by atoms with Crippen LogP contribution in [0.2, 0.25) is 0 Å². The molecule has 1 aromatic heterocycles. The first-order valence-electron chi connectivity index (χ1n) is 6.34. The topological polar surface area (TPSA) is 65.7 Å². The van der Waals surface area contributed by atoms with E-state index in [1.807, 2.05) is 13.0 Å². The summed E-state index contributed by atoms with van der Waals surface area (Å²) in [6.45, 7) is 4.02. The predicted octanol–water partition coefficient (Wildman–Crippen LogP) is 2.37. The summed E-state index contributed by atoms with van der Waals surface area (Å²) < 4.78 is 15.6. The fourth-order valence-corrected chi connectivity index (χ4v) is 1.68. The van der Waals surface area contributed by atoms with Crippen molar-refractivity contribution in [2.45, 2.75) is 13.8 Å². The predicted molar refractivity (Wildman–Crippen MR) is 73.8 cm³/mol. The van der Waals surface area contributed by atoms with E-state index in [9.17, 15) is 9.59 Å². The zero-order chi connectivity index (χ0) is 14.5. The molecule has 1 heterocycles. The van der Waals surface area contributed by atoms with Crippen LogP contribution in [-0.4, -0.2) is 19.2 Å². The molecule has 2 rings (SSSR count). The Balaban J connectivity index is 1.99. The minimum absolute atomic E-state index is 0.0809. The summed E-state index contributed by atoms with van der Waals surface area (Å²) in [6.07, 6.45) is 0. The lowest BCUT2D eigenvalue weighted by atomic mass is 10.2. The van der Waals surface area contributed by atoms with Crippen LogP contribution in [0.25, 0.3) is 11.0 Å². The summed E-state index contributed by atoms with van der Waals surface area (Å²) >= 11 is 0. The fourth-order valence-electron chi connectivity index (χ4n) is 1.68. The van der Waals surface area contributed by atoms with Crippen LogP contribution < -0.4 is 10.4 Å². The number of carbonyl (C=O) groups is 1. The molecule has 0 spiro atoms. The van der Waals surface area contributed by atoms with Crippen molar-refractivity contribution in [3.05, 3.63) is 40.8 Å². The van der Waals surface area contributed by atoms with Crippen molar-refractivity contribution >= 4 is 16.9 Å². The first kappa shape index (κ1) is 14.1. The van der Waals surface area contributed by atoms with Crippen molar-refractivity contribution in [2.24, 2.45) is 5.92 Å². The number of hydrogen-bond acceptors (Lipinski definition) is 5. The lowest BCUT2D eigenvalue weighted by molar-refractivity contribution is -0.142. The lowest BCUT2D eigenvalue weighted by Crippen LogP contribution is -2.16. The summed E-state index contributed by atoms with van der Waals surface area (Å²) in [7, 11) is 0. The normalized spacial score (nSPS) is 12.1. The Hall–Kier alpha value is -2.30. The largest absolute Gasteiger partial charge is 0.493 e. The van der Waals surface area contributed by atoms with Gasteiger partial charge in [0.05, 0.1) is 13.2 Å². The second kappa shape index (κ2) is 6.23. The molecule has 0 unspecified atom stereocenters. The molecule has 0 saturated heterocycles. The molecule has 0 N–H and O–H groups in total. The van der Waals surface area contributed by atoms with Crippen molar-refractivity contribution in [3.8, 4) is 5.75 Å². The third-order valence-electron chi connectivity index (χ3n) is 2.70. The third kappa shape index (κ3) is 3.85. The zero-order valence-corrected chi connectivity index (χ0v) is 11.4. The Morgan fingerprint density at radius 2 is 2.00 bits per heavy atom. The van der Waals surface area contributed by atoms with E-state index in [2.05, 4.69) is 0 Å². The highest BCUT2D eigenvalue weighted by atomic mass is 16.5. The van der Waals surface area contributed by atoms with E-state index >= 15 is 0 Å². The van der Waals surface area contributed by atoms with Gasteiger partial charge in [-0.25, -0.2) is 4.79 Å². The smallest absolute Gasteiger partial charge is 0.336 e. The fraction of sp³-hybridized carbons (Fsp3) is 0.333. The second-order valence-electron chi connectivity index (χ2n) is 4.67. The van der Waals surface area contributed by atoms with Crippen LogP contribution in [0.1, 0.15) is 13.8 Å². The van der Waals surface area contributed by atoms with Crippen LogP contribution in [0.3, 0.4) is 0 Å². The molecule has 0 radical (unpaired) electrons. The highest BCUT2D eigenvalue weighted by molar-refractivity contribution is 5.77. The van der Waals surface area contributed by atoms with Crippen LogP contribution in [0, 0.1) is 5.92 Å². The van der Waals surface area contributed by atoms with Gasteiger partial charge in [-0.1, -0.05) is 6.92 Å². The van der Waals surface area contributed by atoms with Crippen molar-refractivity contribution in [1.29, 1.82) is 0 Å². The SMILES string of the molecule is CC(=O)OC[C@H](C)COc1ccc2ccc(=O)oc2c1. The van der Waals surface area contributed by atoms with Crippen molar-refractivity contribution in [3.63, 3.8) is 0 Å². The first-order valence-corrected chi connectivity index (χ1v) is 6.34. The van der Waals surface area contributed by atoms with Crippen LogP contribution >= 0.6 is 0 Å². The molecule has 106 valence electrons. The van der Waals surface area contributed by atoms with E-state index in [1.54, 1.807) is 18.2 Å². The average Bonchev–Trinajstić information content (AvgIpc) is 2.42. The molecule has 0 fully saturated rings. The Morgan fingerprint density at radius 1 is 1.25 bits per heavy atom. The summed E-state index contributed by atoms with van der Waals surface area (Å²) in [4.78, 5) is 21.8. The molecule has 1 atom stereocenters. The van der Waals surface area contributed by atoms with Crippen LogP contribution in [-0.2, 0) is 9.53 Å². The highest BCUT2D eigenvalue weighted by Gasteiger charge is 2.06. The molecule has 0 aliphatic rings. The van der Waals surface area contributed by atoms with Gasteiger partial charge in [0, 0.05) is 30.4 Å². The number of hydrogen-bond donors (Lipinski definition) is 0. The highest BCUT2D eigenvalue weighted by Crippen LogP contribution is 2.19. The molecule has 0 bridgehead atoms. The lowest BCUT2D eigenvalue weighted by Gasteiger charge is -2.13. The van der Waals surface area contributed by atoms with Gasteiger partial charge in [0.2, 0.25) is 0 Å². The molecule has 0 aliphatic heterocycles. The molecule has 2 aromatic rings. The monoisotopic (exact) mass is 276 g/mol. The minimum Gasteiger partial charge on any atom is -0.493 e. The number of esters is 1. The van der Waals surface area contributed by atoms with Crippen molar-refractivity contribution in [2.75, 3.05) is 13.2 Å². The summed E-state index contributed by atoms with van der Waals surface area (Å²) in [6, 6.07) is 8.39. The van der Waals surface area contributed by atoms with Crippen LogP contribution in [0.15, 0.2) is 39.5 Å². The van der Waals surface area contributed by atoms with E-state index in [0.29, 0.717) is 24.5 Å². The summed E-state index contributed by atoms with van der Waals surface area (Å²) in [5.74, 6) is 0.392. The van der Waals surface area contributed by atoms with Crippen LogP contribution in [0.4, 0.5) is 0 Å². The summed E-state index contributed by atoms with van der Waals surface area (Å²) in [5.41, 5.74) is 0.0977. The van der Waals surface area contributed by atoms with Gasteiger partial charge < -0.3 is 13.9 Å². The van der Waals surface area contributed by atoms with E-state index in [-0.39, 0.29) is 11.9 Å². The maximum Gasteiger partial charge on any atom is 0.336 e. The molecule has 5 nitrogen and oxygen atoms in total. The molecule has 0 saturated carbocycles.